The summed E-state index contributed by atoms with van der Waals surface area (Å²) in [7, 11) is 0. The summed E-state index contributed by atoms with van der Waals surface area (Å²) in [4.78, 5) is 40.3. The van der Waals surface area contributed by atoms with Crippen molar-refractivity contribution in [3.05, 3.63) is 77.6 Å². The molecule has 27 heavy (non-hydrogen) atoms. The van der Waals surface area contributed by atoms with Crippen LogP contribution in [0, 0.1) is 5.82 Å². The third-order valence-corrected chi connectivity index (χ3v) is 4.53. The Kier molecular flexibility index (Phi) is 5.37. The molecule has 7 heteroatoms. The van der Waals surface area contributed by atoms with E-state index in [0.29, 0.717) is 10.7 Å². The van der Waals surface area contributed by atoms with E-state index in [9.17, 15) is 18.8 Å². The fraction of sp³-hybridized carbons (Fsp3) is 0.150. The third-order valence-electron chi connectivity index (χ3n) is 4.27. The van der Waals surface area contributed by atoms with Crippen LogP contribution >= 0.6 is 11.6 Å². The van der Waals surface area contributed by atoms with Crippen LogP contribution in [0.1, 0.15) is 16.8 Å². The molecule has 1 heterocycles. The molecule has 3 rings (SSSR count). The summed E-state index contributed by atoms with van der Waals surface area (Å²) in [6.07, 6.45) is 1.25. The number of rotatable bonds is 5. The molecule has 2 aromatic rings. The molecular formula is C20H16ClFN2O3. The largest absolute Gasteiger partial charge is 0.322 e. The maximum absolute atomic E-state index is 14.0. The highest BCUT2D eigenvalue weighted by Gasteiger charge is 2.44. The van der Waals surface area contributed by atoms with Crippen LogP contribution in [-0.2, 0) is 9.59 Å². The summed E-state index contributed by atoms with van der Waals surface area (Å²) >= 11 is 5.85. The van der Waals surface area contributed by atoms with Crippen molar-refractivity contribution in [1.82, 2.24) is 4.90 Å². The highest BCUT2D eigenvalue weighted by atomic mass is 35.5. The van der Waals surface area contributed by atoms with Gasteiger partial charge in [-0.2, -0.15) is 0 Å². The first kappa shape index (κ1) is 18.8. The van der Waals surface area contributed by atoms with Crippen LogP contribution in [0.15, 0.2) is 61.2 Å². The lowest BCUT2D eigenvalue weighted by Gasteiger charge is -2.26. The van der Waals surface area contributed by atoms with E-state index in [2.05, 4.69) is 6.58 Å². The molecule has 1 atom stereocenters. The zero-order chi connectivity index (χ0) is 19.6. The minimum Gasteiger partial charge on any atom is -0.322 e. The van der Waals surface area contributed by atoms with Crippen LogP contribution in [0.4, 0.5) is 10.1 Å². The van der Waals surface area contributed by atoms with Gasteiger partial charge in [0.2, 0.25) is 5.91 Å². The van der Waals surface area contributed by atoms with Crippen LogP contribution in [0.2, 0.25) is 5.02 Å². The van der Waals surface area contributed by atoms with Gasteiger partial charge in [-0.25, -0.2) is 9.29 Å². The van der Waals surface area contributed by atoms with Gasteiger partial charge in [-0.15, -0.1) is 6.58 Å². The Bertz CT molecular complexity index is 914. The molecule has 2 aromatic carbocycles. The number of hydrogen-bond acceptors (Lipinski definition) is 3. The van der Waals surface area contributed by atoms with Crippen molar-refractivity contribution in [2.75, 3.05) is 11.4 Å². The number of imide groups is 1. The zero-order valence-electron chi connectivity index (χ0n) is 14.3. The summed E-state index contributed by atoms with van der Waals surface area (Å²) in [6, 6.07) is 10.7. The minimum absolute atomic E-state index is 0.00527. The Morgan fingerprint density at radius 1 is 1.22 bits per heavy atom. The van der Waals surface area contributed by atoms with Gasteiger partial charge in [-0.05, 0) is 36.4 Å². The molecule has 1 fully saturated rings. The Labute approximate surface area is 160 Å². The van der Waals surface area contributed by atoms with Gasteiger partial charge in [0.1, 0.15) is 11.9 Å². The minimum atomic E-state index is -1.03. The molecule has 0 aromatic heterocycles. The van der Waals surface area contributed by atoms with Gasteiger partial charge in [-0.3, -0.25) is 14.4 Å². The second-order valence-electron chi connectivity index (χ2n) is 5.99. The number of anilines is 1. The smallest absolute Gasteiger partial charge is 0.257 e. The second-order valence-corrected chi connectivity index (χ2v) is 6.43. The van der Waals surface area contributed by atoms with E-state index < -0.39 is 29.6 Å². The molecule has 0 spiro atoms. The predicted molar refractivity (Wildman–Crippen MR) is 100.0 cm³/mol. The summed E-state index contributed by atoms with van der Waals surface area (Å²) in [5, 5.41) is 0.470. The monoisotopic (exact) mass is 386 g/mol. The number of carbonyl (C=O) groups excluding carboxylic acids is 3. The predicted octanol–water partition coefficient (Wildman–Crippen LogP) is 3.44. The Morgan fingerprint density at radius 3 is 2.52 bits per heavy atom. The lowest BCUT2D eigenvalue weighted by Crippen LogP contribution is -2.45. The number of amides is 3. The number of halogens is 2. The van der Waals surface area contributed by atoms with Gasteiger partial charge in [0, 0.05) is 11.6 Å². The Morgan fingerprint density at radius 2 is 1.89 bits per heavy atom. The lowest BCUT2D eigenvalue weighted by molar-refractivity contribution is -0.122. The van der Waals surface area contributed by atoms with Gasteiger partial charge in [0.15, 0.2) is 0 Å². The van der Waals surface area contributed by atoms with Crippen molar-refractivity contribution in [2.45, 2.75) is 12.5 Å². The van der Waals surface area contributed by atoms with E-state index >= 15 is 0 Å². The van der Waals surface area contributed by atoms with Crippen molar-refractivity contribution >= 4 is 35.0 Å². The Balaban J connectivity index is 1.92. The van der Waals surface area contributed by atoms with Gasteiger partial charge in [0.25, 0.3) is 11.8 Å². The molecular weight excluding hydrogens is 371 g/mol. The summed E-state index contributed by atoms with van der Waals surface area (Å²) in [5.41, 5.74) is 0.207. The summed E-state index contributed by atoms with van der Waals surface area (Å²) in [5.74, 6) is -2.35. The fourth-order valence-electron chi connectivity index (χ4n) is 3.00. The topological polar surface area (TPSA) is 57.7 Å². The quantitative estimate of drug-likeness (QED) is 0.584. The maximum atomic E-state index is 14.0. The molecule has 1 aliphatic rings. The molecule has 5 nitrogen and oxygen atoms in total. The molecule has 0 bridgehead atoms. The van der Waals surface area contributed by atoms with E-state index in [0.717, 1.165) is 4.90 Å². The van der Waals surface area contributed by atoms with Crippen molar-refractivity contribution in [2.24, 2.45) is 0 Å². The van der Waals surface area contributed by atoms with Crippen molar-refractivity contribution in [3.8, 4) is 0 Å². The van der Waals surface area contributed by atoms with Crippen molar-refractivity contribution in [1.29, 1.82) is 0 Å². The average Bonchev–Trinajstić information content (AvgIpc) is 2.94. The van der Waals surface area contributed by atoms with Gasteiger partial charge in [0.05, 0.1) is 17.7 Å². The summed E-state index contributed by atoms with van der Waals surface area (Å²) in [6.45, 7) is 3.59. The fourth-order valence-corrected chi connectivity index (χ4v) is 3.13. The highest BCUT2D eigenvalue weighted by Crippen LogP contribution is 2.28. The first-order valence-electron chi connectivity index (χ1n) is 8.22. The van der Waals surface area contributed by atoms with Gasteiger partial charge < -0.3 is 4.90 Å². The molecule has 0 N–H and O–H groups in total. The van der Waals surface area contributed by atoms with Crippen LogP contribution in [0.3, 0.4) is 0 Å². The van der Waals surface area contributed by atoms with Crippen LogP contribution < -0.4 is 4.90 Å². The van der Waals surface area contributed by atoms with Crippen LogP contribution in [0.25, 0.3) is 0 Å². The van der Waals surface area contributed by atoms with Crippen molar-refractivity contribution < 1.29 is 18.8 Å². The first-order chi connectivity index (χ1) is 12.9. The highest BCUT2D eigenvalue weighted by molar-refractivity contribution is 6.31. The number of benzene rings is 2. The molecule has 1 aliphatic heterocycles. The molecule has 3 amide bonds. The number of hydrogen-bond donors (Lipinski definition) is 0. The van der Waals surface area contributed by atoms with Gasteiger partial charge in [-0.1, -0.05) is 29.8 Å². The number of nitrogens with zero attached hydrogens (tertiary/aromatic N) is 2. The third kappa shape index (κ3) is 3.61. The van der Waals surface area contributed by atoms with Gasteiger partial charge >= 0.3 is 0 Å². The van der Waals surface area contributed by atoms with Crippen LogP contribution in [-0.4, -0.2) is 35.2 Å². The molecule has 1 unspecified atom stereocenters. The van der Waals surface area contributed by atoms with E-state index in [1.165, 1.54) is 35.2 Å². The molecule has 0 saturated carbocycles. The maximum Gasteiger partial charge on any atom is 0.257 e. The number of carbonyl (C=O) groups is 3. The van der Waals surface area contributed by atoms with Crippen molar-refractivity contribution in [3.63, 3.8) is 0 Å². The van der Waals surface area contributed by atoms with E-state index in [4.69, 9.17) is 11.6 Å². The Hall–Kier alpha value is -2.99. The first-order valence-corrected chi connectivity index (χ1v) is 8.60. The molecule has 1 saturated heterocycles. The standard InChI is InChI=1S/C20H16ClFN2O3/c1-2-11-23(19(26)15-5-3-4-6-16(15)22)17-12-18(25)24(20(17)27)14-9-7-13(21)8-10-14/h2-10,17H,1,11-12H2. The normalized spacial score (nSPS) is 16.5. The SMILES string of the molecule is C=CCN(C(=O)c1ccccc1F)C1CC(=O)N(c2ccc(Cl)cc2)C1=O. The van der Waals surface area contributed by atoms with Crippen LogP contribution in [0.5, 0.6) is 0 Å². The van der Waals surface area contributed by atoms with E-state index in [1.807, 2.05) is 0 Å². The van der Waals surface area contributed by atoms with E-state index in [-0.39, 0.29) is 18.5 Å². The zero-order valence-corrected chi connectivity index (χ0v) is 15.0. The molecule has 138 valence electrons. The summed E-state index contributed by atoms with van der Waals surface area (Å²) < 4.78 is 14.0. The lowest BCUT2D eigenvalue weighted by atomic mass is 10.1. The molecule has 0 aliphatic carbocycles. The van der Waals surface area contributed by atoms with E-state index in [1.54, 1.807) is 24.3 Å². The average molecular weight is 387 g/mol. The molecule has 0 radical (unpaired) electrons. The second kappa shape index (κ2) is 7.72.